The van der Waals surface area contributed by atoms with E-state index in [1.54, 1.807) is 0 Å². The van der Waals surface area contributed by atoms with Gasteiger partial charge in [-0.2, -0.15) is 13.2 Å². The summed E-state index contributed by atoms with van der Waals surface area (Å²) in [6.45, 7) is 1.47. The molecule has 0 bridgehead atoms. The van der Waals surface area contributed by atoms with Crippen molar-refractivity contribution in [2.24, 2.45) is 0 Å². The first-order valence-corrected chi connectivity index (χ1v) is 7.04. The summed E-state index contributed by atoms with van der Waals surface area (Å²) < 4.78 is 49.6. The van der Waals surface area contributed by atoms with Gasteiger partial charge in [0, 0.05) is 17.3 Å². The summed E-state index contributed by atoms with van der Waals surface area (Å²) in [5, 5.41) is 0. The average Bonchev–Trinajstić information content (AvgIpc) is 2.53. The Balaban J connectivity index is 2.40. The Morgan fingerprint density at radius 3 is 2.46 bits per heavy atom. The van der Waals surface area contributed by atoms with Crippen LogP contribution in [0, 0.1) is 0 Å². The van der Waals surface area contributed by atoms with Crippen LogP contribution in [0.2, 0.25) is 0 Å². The Kier molecular flexibility index (Phi) is 5.02. The molecule has 0 saturated heterocycles. The number of nitrogen functional groups attached to an aromatic ring is 1. The van der Waals surface area contributed by atoms with Gasteiger partial charge < -0.3 is 15.2 Å². The lowest BCUT2D eigenvalue weighted by Gasteiger charge is -2.21. The van der Waals surface area contributed by atoms with Crippen molar-refractivity contribution in [1.82, 2.24) is 0 Å². The van der Waals surface area contributed by atoms with Crippen LogP contribution in [0.1, 0.15) is 34.5 Å². The third-order valence-corrected chi connectivity index (χ3v) is 3.42. The lowest BCUT2D eigenvalue weighted by Crippen LogP contribution is -2.15. The number of carbonyl (C=O) groups excluding carboxylic acids is 1. The number of ether oxygens (including phenoxy) is 2. The summed E-state index contributed by atoms with van der Waals surface area (Å²) in [7, 11) is 1.20. The molecule has 0 amide bonds. The number of hydrogen-bond acceptors (Lipinski definition) is 4. The van der Waals surface area contributed by atoms with E-state index in [1.165, 1.54) is 50.4 Å². The van der Waals surface area contributed by atoms with Gasteiger partial charge in [0.1, 0.15) is 17.4 Å². The smallest absolute Gasteiger partial charge is 0.416 e. The first-order chi connectivity index (χ1) is 11.2. The van der Waals surface area contributed by atoms with Crippen molar-refractivity contribution in [2.75, 3.05) is 12.8 Å². The van der Waals surface area contributed by atoms with Gasteiger partial charge in [0.15, 0.2) is 0 Å². The second-order valence-electron chi connectivity index (χ2n) is 5.09. The lowest BCUT2D eigenvalue weighted by molar-refractivity contribution is -0.139. The van der Waals surface area contributed by atoms with Crippen molar-refractivity contribution in [1.29, 1.82) is 0 Å². The Morgan fingerprint density at radius 1 is 1.17 bits per heavy atom. The summed E-state index contributed by atoms with van der Waals surface area (Å²) in [6, 6.07) is 9.36. The van der Waals surface area contributed by atoms with Gasteiger partial charge in [-0.15, -0.1) is 0 Å². The molecule has 2 N–H and O–H groups in total. The van der Waals surface area contributed by atoms with E-state index in [9.17, 15) is 18.0 Å². The number of hydrogen-bond donors (Lipinski definition) is 1. The van der Waals surface area contributed by atoms with Crippen LogP contribution in [0.5, 0.6) is 5.75 Å². The van der Waals surface area contributed by atoms with Crippen LogP contribution >= 0.6 is 0 Å². The molecule has 0 aliphatic heterocycles. The summed E-state index contributed by atoms with van der Waals surface area (Å²) in [6.07, 6.45) is -5.46. The van der Waals surface area contributed by atoms with Crippen molar-refractivity contribution in [2.45, 2.75) is 19.2 Å². The zero-order chi connectivity index (χ0) is 17.9. The molecule has 2 aromatic carbocycles. The zero-order valence-corrected chi connectivity index (χ0v) is 13.1. The first-order valence-electron chi connectivity index (χ1n) is 7.04. The molecule has 0 heterocycles. The molecule has 0 aliphatic rings. The van der Waals surface area contributed by atoms with Gasteiger partial charge in [0.2, 0.25) is 0 Å². The van der Waals surface area contributed by atoms with E-state index >= 15 is 0 Å². The van der Waals surface area contributed by atoms with Gasteiger partial charge in [-0.1, -0.05) is 18.2 Å². The van der Waals surface area contributed by atoms with E-state index in [0.29, 0.717) is 5.69 Å². The molecule has 0 aliphatic carbocycles. The molecule has 7 heteroatoms. The molecule has 0 unspecified atom stereocenters. The molecule has 0 saturated carbocycles. The van der Waals surface area contributed by atoms with Crippen LogP contribution in [0.3, 0.4) is 0 Å². The fraction of sp³-hybridized carbons (Fsp3) is 0.235. The first kappa shape index (κ1) is 17.7. The topological polar surface area (TPSA) is 61.5 Å². The standard InChI is InChI=1S/C17H16F3NO3/c1-10(12-5-3-4-6-14(12)17(18,19)20)24-15-9-11(21)7-8-13(15)16(22)23-2/h3-10H,21H2,1-2H3/t10-/m0/s1. The third kappa shape index (κ3) is 3.79. The molecule has 24 heavy (non-hydrogen) atoms. The molecule has 2 aromatic rings. The Bertz CT molecular complexity index is 744. The number of carbonyl (C=O) groups is 1. The zero-order valence-electron chi connectivity index (χ0n) is 13.1. The molecule has 1 atom stereocenters. The number of esters is 1. The summed E-state index contributed by atoms with van der Waals surface area (Å²) in [5.74, 6) is -0.604. The largest absolute Gasteiger partial charge is 0.485 e. The average molecular weight is 339 g/mol. The van der Waals surface area contributed by atoms with E-state index in [1.807, 2.05) is 0 Å². The number of methoxy groups -OCH3 is 1. The third-order valence-electron chi connectivity index (χ3n) is 3.42. The van der Waals surface area contributed by atoms with Crippen LogP contribution in [0.25, 0.3) is 0 Å². The van der Waals surface area contributed by atoms with Gasteiger partial charge in [-0.25, -0.2) is 4.79 Å². The second-order valence-corrected chi connectivity index (χ2v) is 5.09. The molecule has 0 aromatic heterocycles. The van der Waals surface area contributed by atoms with Gasteiger partial charge in [-0.3, -0.25) is 0 Å². The summed E-state index contributed by atoms with van der Waals surface area (Å²) in [5.41, 5.74) is 5.24. The number of anilines is 1. The normalized spacial score (nSPS) is 12.5. The fourth-order valence-corrected chi connectivity index (χ4v) is 2.28. The van der Waals surface area contributed by atoms with Crippen LogP contribution in [0.15, 0.2) is 42.5 Å². The lowest BCUT2D eigenvalue weighted by atomic mass is 10.0. The predicted octanol–water partition coefficient (Wildman–Crippen LogP) is 4.21. The maximum absolute atomic E-state index is 13.1. The van der Waals surface area contributed by atoms with Gasteiger partial charge in [0.25, 0.3) is 0 Å². The second kappa shape index (κ2) is 6.82. The SMILES string of the molecule is COC(=O)c1ccc(N)cc1O[C@@H](C)c1ccccc1C(F)(F)F. The predicted molar refractivity (Wildman–Crippen MR) is 82.7 cm³/mol. The number of nitrogens with two attached hydrogens (primary N) is 1. The van der Waals surface area contributed by atoms with Crippen molar-refractivity contribution >= 4 is 11.7 Å². The summed E-state index contributed by atoms with van der Waals surface area (Å²) in [4.78, 5) is 11.8. The highest BCUT2D eigenvalue weighted by Gasteiger charge is 2.34. The fourth-order valence-electron chi connectivity index (χ4n) is 2.28. The maximum atomic E-state index is 13.1. The minimum absolute atomic E-state index is 0.0387. The monoisotopic (exact) mass is 339 g/mol. The van der Waals surface area contributed by atoms with Gasteiger partial charge >= 0.3 is 12.1 Å². The minimum Gasteiger partial charge on any atom is -0.485 e. The highest BCUT2D eigenvalue weighted by molar-refractivity contribution is 5.93. The molecule has 0 radical (unpaired) electrons. The van der Waals surface area contributed by atoms with Crippen molar-refractivity contribution in [3.8, 4) is 5.75 Å². The van der Waals surface area contributed by atoms with E-state index in [0.717, 1.165) is 6.07 Å². The van der Waals surface area contributed by atoms with Gasteiger partial charge in [0.05, 0.1) is 12.7 Å². The van der Waals surface area contributed by atoms with E-state index in [2.05, 4.69) is 4.74 Å². The van der Waals surface area contributed by atoms with E-state index < -0.39 is 23.8 Å². The quantitative estimate of drug-likeness (QED) is 0.669. The van der Waals surface area contributed by atoms with E-state index in [-0.39, 0.29) is 16.9 Å². The molecule has 0 fully saturated rings. The molecule has 2 rings (SSSR count). The van der Waals surface area contributed by atoms with Crippen molar-refractivity contribution in [3.63, 3.8) is 0 Å². The van der Waals surface area contributed by atoms with Crippen LogP contribution in [0.4, 0.5) is 18.9 Å². The van der Waals surface area contributed by atoms with E-state index in [4.69, 9.17) is 10.5 Å². The van der Waals surface area contributed by atoms with Gasteiger partial charge in [-0.05, 0) is 25.1 Å². The minimum atomic E-state index is -4.50. The summed E-state index contributed by atoms with van der Waals surface area (Å²) >= 11 is 0. The number of alkyl halides is 3. The number of halogens is 3. The number of benzene rings is 2. The molecule has 4 nitrogen and oxygen atoms in total. The number of rotatable bonds is 4. The Hall–Kier alpha value is -2.70. The maximum Gasteiger partial charge on any atom is 0.416 e. The van der Waals surface area contributed by atoms with Crippen molar-refractivity contribution < 1.29 is 27.4 Å². The Morgan fingerprint density at radius 2 is 1.83 bits per heavy atom. The molecular weight excluding hydrogens is 323 g/mol. The highest BCUT2D eigenvalue weighted by Crippen LogP contribution is 2.36. The van der Waals surface area contributed by atoms with Crippen molar-refractivity contribution in [3.05, 3.63) is 59.2 Å². The Labute approximate surface area is 137 Å². The molecule has 0 spiro atoms. The molecule has 128 valence electrons. The van der Waals surface area contributed by atoms with Crippen LogP contribution in [-0.2, 0) is 10.9 Å². The highest BCUT2D eigenvalue weighted by atomic mass is 19.4. The van der Waals surface area contributed by atoms with Crippen LogP contribution in [-0.4, -0.2) is 13.1 Å². The van der Waals surface area contributed by atoms with Crippen LogP contribution < -0.4 is 10.5 Å². The molecular formula is C17H16F3NO3.